The zero-order valence-electron chi connectivity index (χ0n) is 30.8. The van der Waals surface area contributed by atoms with E-state index < -0.39 is 19.1 Å². The average Bonchev–Trinajstić information content (AvgIpc) is 3.66. The number of aryl methyl sites for hydroxylation is 1. The molecule has 0 fully saturated rings. The van der Waals surface area contributed by atoms with E-state index in [-0.39, 0.29) is 6.42 Å². The topological polar surface area (TPSA) is 22.2 Å². The number of rotatable bonds is 4. The minimum atomic E-state index is -2.80. The van der Waals surface area contributed by atoms with Crippen LogP contribution in [-0.4, -0.2) is 14.0 Å². The lowest BCUT2D eigenvalue weighted by Crippen LogP contribution is -2.00. The molecule has 1 aliphatic carbocycles. The number of nitrogens with zero attached hydrogens (tertiary/aromatic N) is 3. The maximum Gasteiger partial charge on any atom is 0.220 e. The van der Waals surface area contributed by atoms with Gasteiger partial charge >= 0.3 is 0 Å². The Morgan fingerprint density at radius 1 is 0.622 bits per heavy atom. The van der Waals surface area contributed by atoms with E-state index in [9.17, 15) is 0 Å². The van der Waals surface area contributed by atoms with Gasteiger partial charge in [0.1, 0.15) is 0 Å². The molecule has 45 heavy (non-hydrogen) atoms. The number of aromatic nitrogens is 3. The van der Waals surface area contributed by atoms with E-state index in [0.29, 0.717) is 16.9 Å². The van der Waals surface area contributed by atoms with Crippen molar-refractivity contribution < 1.29 is 8.22 Å². The summed E-state index contributed by atoms with van der Waals surface area (Å²) in [4.78, 5) is 5.17. The van der Waals surface area contributed by atoms with Gasteiger partial charge in [0.15, 0.2) is 0 Å². The molecule has 2 aromatic heterocycles. The first kappa shape index (κ1) is 20.5. The van der Waals surface area contributed by atoms with Crippen molar-refractivity contribution >= 4 is 27.8 Å². The molecule has 0 N–H and O–H groups in total. The van der Waals surface area contributed by atoms with Crippen LogP contribution in [-0.2, 0) is 6.42 Å². The molecule has 0 amide bonds. The first-order chi connectivity index (χ1) is 24.5. The lowest BCUT2D eigenvalue weighted by Gasteiger charge is -2.23. The van der Waals surface area contributed by atoms with Crippen molar-refractivity contribution in [1.29, 1.82) is 0 Å². The third kappa shape index (κ3) is 3.93. The number of fused-ring (bicyclic) bond motifs is 13. The molecule has 3 heteroatoms. The molecule has 0 aliphatic heterocycles. The molecule has 8 aromatic rings. The lowest BCUT2D eigenvalue weighted by molar-refractivity contribution is 0.588. The Balaban J connectivity index is 1.30. The highest BCUT2D eigenvalue weighted by Crippen LogP contribution is 2.48. The molecule has 1 unspecified atom stereocenters. The predicted molar refractivity (Wildman–Crippen MR) is 188 cm³/mol. The minimum Gasteiger partial charge on any atom is -0.278 e. The van der Waals surface area contributed by atoms with E-state index >= 15 is 0 Å². The van der Waals surface area contributed by atoms with Gasteiger partial charge in [-0.2, -0.15) is 0 Å². The van der Waals surface area contributed by atoms with Gasteiger partial charge in [0.05, 0.1) is 22.1 Å². The van der Waals surface area contributed by atoms with Crippen molar-refractivity contribution in [2.45, 2.75) is 26.6 Å². The van der Waals surface area contributed by atoms with Crippen LogP contribution in [0.4, 0.5) is 0 Å². The van der Waals surface area contributed by atoms with Crippen molar-refractivity contribution in [1.82, 2.24) is 14.0 Å². The van der Waals surface area contributed by atoms with Gasteiger partial charge in [0.2, 0.25) is 5.78 Å². The Morgan fingerprint density at radius 3 is 1.78 bits per heavy atom. The molecule has 2 heterocycles. The summed E-state index contributed by atoms with van der Waals surface area (Å²) in [5, 5.41) is 0. The van der Waals surface area contributed by atoms with Gasteiger partial charge in [-0.3, -0.25) is 8.97 Å². The molecule has 0 bridgehead atoms. The van der Waals surface area contributed by atoms with Gasteiger partial charge in [-0.1, -0.05) is 117 Å². The highest BCUT2D eigenvalue weighted by atomic mass is 15.2. The van der Waals surface area contributed by atoms with E-state index in [1.807, 2.05) is 24.3 Å². The van der Waals surface area contributed by atoms with Crippen molar-refractivity contribution in [2.75, 3.05) is 0 Å². The largest absolute Gasteiger partial charge is 0.278 e. The highest BCUT2D eigenvalue weighted by molar-refractivity contribution is 6.03. The van der Waals surface area contributed by atoms with Gasteiger partial charge < -0.3 is 0 Å². The fourth-order valence-corrected chi connectivity index (χ4v) is 7.10. The molecule has 0 spiro atoms. The Kier molecular flexibility index (Phi) is 4.59. The number of para-hydroxylation sites is 3. The van der Waals surface area contributed by atoms with Crippen LogP contribution in [0.2, 0.25) is 0 Å². The summed E-state index contributed by atoms with van der Waals surface area (Å²) in [7, 11) is 0. The maximum absolute atomic E-state index is 8.76. The quantitative estimate of drug-likeness (QED) is 0.201. The summed E-state index contributed by atoms with van der Waals surface area (Å²) in [6, 6.07) is 46.0. The molecule has 9 rings (SSSR count). The summed E-state index contributed by atoms with van der Waals surface area (Å²) >= 11 is 0. The van der Waals surface area contributed by atoms with Crippen molar-refractivity contribution in [3.05, 3.63) is 139 Å². The van der Waals surface area contributed by atoms with Gasteiger partial charge in [0, 0.05) is 13.9 Å². The summed E-state index contributed by atoms with van der Waals surface area (Å²) in [6.45, 7) is -1.65. The SMILES string of the molecule is [2H]C([2H])([2H])C([2H])(C)C([2H])([2H])Cc1cccc2c1nc1n(-c3ccc4c(c3)-c3ccccc3-c3ccccc3-c3ccccc3-4)c3ccccc3n21. The van der Waals surface area contributed by atoms with E-state index in [0.717, 1.165) is 57.0 Å². The second kappa shape index (κ2) is 10.1. The zero-order chi connectivity index (χ0) is 35.3. The molecule has 1 aliphatic rings. The normalized spacial score (nSPS) is 16.0. The minimum absolute atomic E-state index is 0.267. The first-order valence-electron chi connectivity index (χ1n) is 18.3. The molecule has 3 nitrogen and oxygen atoms in total. The maximum atomic E-state index is 8.76. The smallest absolute Gasteiger partial charge is 0.220 e. The summed E-state index contributed by atoms with van der Waals surface area (Å²) < 4.78 is 54.0. The monoisotopic (exact) mass is 585 g/mol. The third-order valence-electron chi connectivity index (χ3n) is 9.06. The van der Waals surface area contributed by atoms with Crippen LogP contribution in [0.3, 0.4) is 0 Å². The van der Waals surface area contributed by atoms with Gasteiger partial charge in [0.25, 0.3) is 0 Å². The van der Waals surface area contributed by atoms with E-state index in [4.69, 9.17) is 13.2 Å². The number of hydrogen-bond acceptors (Lipinski definition) is 1. The molecule has 0 radical (unpaired) electrons. The number of hydrogen-bond donors (Lipinski definition) is 0. The standard InChI is InChI=1S/C42H33N3/c1-27(2)22-23-28-12-11-21-40-41(28)43-42-44(38-19-9-10-20-39(38)45(40)42)29-24-25-36-34-17-6-5-15-32(34)30-13-3-4-14-31(30)33-16-7-8-18-35(33)37(36)26-29/h3-21,24-27H,22-23H2,1-2H3/i1D3,22D2,27D. The second-order valence-corrected chi connectivity index (χ2v) is 11.7. The fourth-order valence-electron chi connectivity index (χ4n) is 7.10. The summed E-state index contributed by atoms with van der Waals surface area (Å²) in [5.74, 6) is -1.66. The molecule has 216 valence electrons. The van der Waals surface area contributed by atoms with Crippen molar-refractivity contribution in [2.24, 2.45) is 5.89 Å². The summed E-state index contributed by atoms with van der Waals surface area (Å²) in [6.07, 6.45) is -2.62. The van der Waals surface area contributed by atoms with E-state index in [1.54, 1.807) is 6.07 Å². The summed E-state index contributed by atoms with van der Waals surface area (Å²) in [5.41, 5.74) is 14.0. The van der Waals surface area contributed by atoms with Crippen LogP contribution in [0, 0.1) is 5.89 Å². The number of benzene rings is 6. The van der Waals surface area contributed by atoms with Crippen molar-refractivity contribution in [3.63, 3.8) is 0 Å². The van der Waals surface area contributed by atoms with Gasteiger partial charge in [-0.25, -0.2) is 4.98 Å². The third-order valence-corrected chi connectivity index (χ3v) is 9.06. The van der Waals surface area contributed by atoms with Crippen LogP contribution in [0.15, 0.2) is 133 Å². The molecule has 0 saturated heterocycles. The molecule has 6 aromatic carbocycles. The number of imidazole rings is 2. The Labute approximate surface area is 271 Å². The molecular formula is C42H33N3. The molecular weight excluding hydrogens is 546 g/mol. The first-order valence-corrected chi connectivity index (χ1v) is 15.3. The Hall–Kier alpha value is -5.41. The highest BCUT2D eigenvalue weighted by Gasteiger charge is 2.24. The van der Waals surface area contributed by atoms with Crippen LogP contribution >= 0.6 is 0 Å². The van der Waals surface area contributed by atoms with E-state index in [1.165, 1.54) is 16.7 Å². The van der Waals surface area contributed by atoms with Crippen molar-refractivity contribution in [3.8, 4) is 50.2 Å². The van der Waals surface area contributed by atoms with Crippen LogP contribution in [0.25, 0.3) is 78.0 Å². The molecule has 1 atom stereocenters. The van der Waals surface area contributed by atoms with Crippen LogP contribution < -0.4 is 0 Å². The van der Waals surface area contributed by atoms with Gasteiger partial charge in [-0.05, 0) is 99.1 Å². The fraction of sp³-hybridized carbons (Fsp3) is 0.119. The predicted octanol–water partition coefficient (Wildman–Crippen LogP) is 11.0. The zero-order valence-corrected chi connectivity index (χ0v) is 24.8. The van der Waals surface area contributed by atoms with Gasteiger partial charge in [-0.15, -0.1) is 0 Å². The Morgan fingerprint density at radius 2 is 1.16 bits per heavy atom. The second-order valence-electron chi connectivity index (χ2n) is 11.7. The lowest BCUT2D eigenvalue weighted by atomic mass is 9.81. The van der Waals surface area contributed by atoms with Crippen LogP contribution in [0.5, 0.6) is 0 Å². The van der Waals surface area contributed by atoms with E-state index in [2.05, 4.69) is 112 Å². The molecule has 0 saturated carbocycles. The van der Waals surface area contributed by atoms with Crippen LogP contribution in [0.1, 0.15) is 33.9 Å². The average molecular weight is 586 g/mol. The Bertz CT molecular complexity index is 2670.